The summed E-state index contributed by atoms with van der Waals surface area (Å²) in [4.78, 5) is 11.2. The van der Waals surface area contributed by atoms with Crippen molar-refractivity contribution in [3.8, 4) is 6.07 Å². The van der Waals surface area contributed by atoms with Gasteiger partial charge in [0.05, 0.1) is 25.6 Å². The number of carbonyl (C=O) groups is 1. The quantitative estimate of drug-likeness (QED) is 0.598. The van der Waals surface area contributed by atoms with Gasteiger partial charge in [0.25, 0.3) is 0 Å². The fraction of sp³-hybridized carbons (Fsp3) is 0.556. The van der Waals surface area contributed by atoms with Crippen molar-refractivity contribution in [1.29, 1.82) is 5.26 Å². The van der Waals surface area contributed by atoms with Gasteiger partial charge in [0.1, 0.15) is 12.2 Å². The fourth-order valence-corrected chi connectivity index (χ4v) is 1.08. The summed E-state index contributed by atoms with van der Waals surface area (Å²) in [5, 5.41) is 21.4. The molecule has 86 valence electrons. The van der Waals surface area contributed by atoms with Gasteiger partial charge in [-0.05, 0) is 0 Å². The van der Waals surface area contributed by atoms with E-state index in [-0.39, 0.29) is 12.5 Å². The third-order valence-electron chi connectivity index (χ3n) is 1.93. The van der Waals surface area contributed by atoms with Crippen molar-refractivity contribution in [2.45, 2.75) is 13.0 Å². The Morgan fingerprint density at radius 2 is 2.50 bits per heavy atom. The number of nitrogens with one attached hydrogen (secondary N) is 2. The highest BCUT2D eigenvalue weighted by Crippen LogP contribution is 1.88. The minimum atomic E-state index is -0.127. The molecule has 0 atom stereocenters. The van der Waals surface area contributed by atoms with Gasteiger partial charge in [-0.1, -0.05) is 0 Å². The molecule has 0 aliphatic carbocycles. The van der Waals surface area contributed by atoms with Crippen LogP contribution in [0.15, 0.2) is 6.33 Å². The summed E-state index contributed by atoms with van der Waals surface area (Å²) in [6.07, 6.45) is 1.93. The lowest BCUT2D eigenvalue weighted by Gasteiger charge is -2.04. The third-order valence-corrected chi connectivity index (χ3v) is 1.93. The van der Waals surface area contributed by atoms with Crippen LogP contribution in [0.4, 0.5) is 0 Å². The normalized spacial score (nSPS) is 9.75. The molecule has 0 aliphatic heterocycles. The van der Waals surface area contributed by atoms with Gasteiger partial charge in [0.15, 0.2) is 0 Å². The number of nitrogens with zero attached hydrogens (tertiary/aromatic N) is 4. The lowest BCUT2D eigenvalue weighted by atomic mass is 10.4. The molecule has 7 heteroatoms. The number of hydrogen-bond acceptors (Lipinski definition) is 5. The number of amides is 1. The van der Waals surface area contributed by atoms with Crippen LogP contribution < -0.4 is 10.6 Å². The molecule has 0 fully saturated rings. The van der Waals surface area contributed by atoms with Gasteiger partial charge in [0.2, 0.25) is 5.91 Å². The molecule has 0 spiro atoms. The SMILES string of the molecule is Cn1cnnc1CNCC(=O)NCCC#N. The summed E-state index contributed by atoms with van der Waals surface area (Å²) in [6.45, 7) is 1.08. The number of nitriles is 1. The van der Waals surface area contributed by atoms with E-state index in [4.69, 9.17) is 5.26 Å². The Morgan fingerprint density at radius 1 is 1.69 bits per heavy atom. The molecule has 0 radical (unpaired) electrons. The van der Waals surface area contributed by atoms with Crippen LogP contribution in [0.3, 0.4) is 0 Å². The van der Waals surface area contributed by atoms with Gasteiger partial charge < -0.3 is 15.2 Å². The first kappa shape index (κ1) is 12.1. The maximum Gasteiger partial charge on any atom is 0.234 e. The molecule has 0 aromatic carbocycles. The van der Waals surface area contributed by atoms with Crippen LogP contribution in [0, 0.1) is 11.3 Å². The molecule has 0 unspecified atom stereocenters. The Kier molecular flexibility index (Phi) is 4.95. The highest BCUT2D eigenvalue weighted by molar-refractivity contribution is 5.77. The maximum atomic E-state index is 11.2. The molecule has 1 heterocycles. The predicted octanol–water partition coefficient (Wildman–Crippen LogP) is -1.07. The molecule has 2 N–H and O–H groups in total. The standard InChI is InChI=1S/C9H14N6O/c1-15-7-13-14-8(15)5-11-6-9(16)12-4-2-3-10/h7,11H,2,4-6H2,1H3,(H,12,16). The van der Waals surface area contributed by atoms with Gasteiger partial charge in [-0.3, -0.25) is 4.79 Å². The predicted molar refractivity (Wildman–Crippen MR) is 55.9 cm³/mol. The molecular weight excluding hydrogens is 208 g/mol. The van der Waals surface area contributed by atoms with Crippen molar-refractivity contribution >= 4 is 5.91 Å². The summed E-state index contributed by atoms with van der Waals surface area (Å²) >= 11 is 0. The zero-order valence-corrected chi connectivity index (χ0v) is 9.10. The summed E-state index contributed by atoms with van der Waals surface area (Å²) in [6, 6.07) is 1.95. The van der Waals surface area contributed by atoms with Crippen molar-refractivity contribution in [3.63, 3.8) is 0 Å². The summed E-state index contributed by atoms with van der Waals surface area (Å²) < 4.78 is 1.78. The summed E-state index contributed by atoms with van der Waals surface area (Å²) in [5.41, 5.74) is 0. The lowest BCUT2D eigenvalue weighted by molar-refractivity contribution is -0.120. The third kappa shape index (κ3) is 4.06. The molecule has 1 aromatic heterocycles. The average Bonchev–Trinajstić information content (AvgIpc) is 2.65. The minimum absolute atomic E-state index is 0.127. The second-order valence-electron chi connectivity index (χ2n) is 3.22. The van der Waals surface area contributed by atoms with Gasteiger partial charge >= 0.3 is 0 Å². The van der Waals surface area contributed by atoms with Crippen molar-refractivity contribution in [2.24, 2.45) is 7.05 Å². The van der Waals surface area contributed by atoms with Crippen molar-refractivity contribution in [2.75, 3.05) is 13.1 Å². The molecule has 16 heavy (non-hydrogen) atoms. The number of aryl methyl sites for hydroxylation is 1. The van der Waals surface area contributed by atoms with E-state index < -0.39 is 0 Å². The van der Waals surface area contributed by atoms with Crippen molar-refractivity contribution < 1.29 is 4.79 Å². The van der Waals surface area contributed by atoms with Crippen LogP contribution in [0.25, 0.3) is 0 Å². The molecule has 1 rings (SSSR count). The zero-order valence-electron chi connectivity index (χ0n) is 9.10. The molecular formula is C9H14N6O. The van der Waals surface area contributed by atoms with E-state index in [1.54, 1.807) is 10.9 Å². The first-order chi connectivity index (χ1) is 7.74. The van der Waals surface area contributed by atoms with Gasteiger partial charge in [-0.2, -0.15) is 5.26 Å². The van der Waals surface area contributed by atoms with Gasteiger partial charge in [-0.25, -0.2) is 0 Å². The molecule has 1 aromatic rings. The fourth-order valence-electron chi connectivity index (χ4n) is 1.08. The summed E-state index contributed by atoms with van der Waals surface area (Å²) in [7, 11) is 1.84. The summed E-state index contributed by atoms with van der Waals surface area (Å²) in [5.74, 6) is 0.641. The Morgan fingerprint density at radius 3 is 3.12 bits per heavy atom. The van der Waals surface area contributed by atoms with Crippen molar-refractivity contribution in [3.05, 3.63) is 12.2 Å². The zero-order chi connectivity index (χ0) is 11.8. The Labute approximate surface area is 93.5 Å². The highest BCUT2D eigenvalue weighted by Gasteiger charge is 2.02. The lowest BCUT2D eigenvalue weighted by Crippen LogP contribution is -2.34. The van der Waals surface area contributed by atoms with Gasteiger partial charge in [0, 0.05) is 13.6 Å². The number of aromatic nitrogens is 3. The average molecular weight is 222 g/mol. The van der Waals surface area contributed by atoms with E-state index in [1.165, 1.54) is 0 Å². The molecule has 0 saturated heterocycles. The molecule has 7 nitrogen and oxygen atoms in total. The van der Waals surface area contributed by atoms with E-state index >= 15 is 0 Å². The van der Waals surface area contributed by atoms with Gasteiger partial charge in [-0.15, -0.1) is 10.2 Å². The van der Waals surface area contributed by atoms with Crippen LogP contribution in [-0.4, -0.2) is 33.8 Å². The van der Waals surface area contributed by atoms with E-state index in [1.807, 2.05) is 13.1 Å². The maximum absolute atomic E-state index is 11.2. The van der Waals surface area contributed by atoms with Crippen LogP contribution in [0.2, 0.25) is 0 Å². The molecule has 0 saturated carbocycles. The van der Waals surface area contributed by atoms with E-state index in [0.29, 0.717) is 19.5 Å². The van der Waals surface area contributed by atoms with Crippen LogP contribution in [-0.2, 0) is 18.4 Å². The number of hydrogen-bond donors (Lipinski definition) is 2. The van der Waals surface area contributed by atoms with E-state index in [2.05, 4.69) is 20.8 Å². The minimum Gasteiger partial charge on any atom is -0.354 e. The smallest absolute Gasteiger partial charge is 0.234 e. The Hall–Kier alpha value is -1.94. The second kappa shape index (κ2) is 6.53. The molecule has 0 bridgehead atoms. The van der Waals surface area contributed by atoms with E-state index in [9.17, 15) is 4.79 Å². The topological polar surface area (TPSA) is 95.6 Å². The largest absolute Gasteiger partial charge is 0.354 e. The molecule has 1 amide bonds. The van der Waals surface area contributed by atoms with Crippen LogP contribution >= 0.6 is 0 Å². The highest BCUT2D eigenvalue weighted by atomic mass is 16.1. The number of carbonyl (C=O) groups excluding carboxylic acids is 1. The Balaban J connectivity index is 2.14. The van der Waals surface area contributed by atoms with E-state index in [0.717, 1.165) is 5.82 Å². The van der Waals surface area contributed by atoms with Crippen LogP contribution in [0.5, 0.6) is 0 Å². The molecule has 0 aliphatic rings. The number of rotatable bonds is 6. The monoisotopic (exact) mass is 222 g/mol. The van der Waals surface area contributed by atoms with Crippen LogP contribution in [0.1, 0.15) is 12.2 Å². The first-order valence-corrected chi connectivity index (χ1v) is 4.91. The Bertz CT molecular complexity index is 380. The second-order valence-corrected chi connectivity index (χ2v) is 3.22. The van der Waals surface area contributed by atoms with Crippen molar-refractivity contribution in [1.82, 2.24) is 25.4 Å². The first-order valence-electron chi connectivity index (χ1n) is 4.91.